The van der Waals surface area contributed by atoms with Crippen LogP contribution in [0, 0.1) is 13.8 Å². The minimum absolute atomic E-state index is 0.208. The smallest absolute Gasteiger partial charge is 0.0743 e. The quantitative estimate of drug-likeness (QED) is 0.831. The maximum absolute atomic E-state index is 6.03. The van der Waals surface area contributed by atoms with E-state index in [1.807, 2.05) is 11.6 Å². The summed E-state index contributed by atoms with van der Waals surface area (Å²) in [5.74, 6) is 0. The third-order valence-corrected chi connectivity index (χ3v) is 5.38. The van der Waals surface area contributed by atoms with Crippen molar-refractivity contribution in [3.05, 3.63) is 44.1 Å². The number of nitrogens with zero attached hydrogens (tertiary/aromatic N) is 2. The molecule has 5 heteroatoms. The summed E-state index contributed by atoms with van der Waals surface area (Å²) < 4.78 is 4.10. The van der Waals surface area contributed by atoms with E-state index < -0.39 is 0 Å². The molecule has 0 fully saturated rings. The lowest BCUT2D eigenvalue weighted by molar-refractivity contribution is 0.645. The molecule has 2 rings (SSSR count). The summed E-state index contributed by atoms with van der Waals surface area (Å²) in [6, 6.07) is 6.53. The molecule has 0 aliphatic heterocycles. The summed E-state index contributed by atoms with van der Waals surface area (Å²) in [5.41, 5.74) is 10.4. The second-order valence-electron chi connectivity index (χ2n) is 5.04. The van der Waals surface area contributed by atoms with Crippen LogP contribution in [0.3, 0.4) is 0 Å². The lowest BCUT2D eigenvalue weighted by Crippen LogP contribution is -2.21. The van der Waals surface area contributed by atoms with Crippen molar-refractivity contribution in [2.75, 3.05) is 0 Å². The molecule has 0 amide bonds. The van der Waals surface area contributed by atoms with Gasteiger partial charge in [0.15, 0.2) is 0 Å². The predicted octanol–water partition coefficient (Wildman–Crippen LogP) is 4.29. The molecule has 2 N–H and O–H groups in total. The molecule has 1 atom stereocenters. The predicted molar refractivity (Wildman–Crippen MR) is 90.4 cm³/mol. The Hall–Kier alpha value is -0.650. The van der Waals surface area contributed by atoms with Gasteiger partial charge in [0.25, 0.3) is 0 Å². The molecule has 0 aliphatic carbocycles. The molecular formula is C15H19Br2N3. The van der Waals surface area contributed by atoms with Crippen molar-refractivity contribution in [1.82, 2.24) is 9.78 Å². The highest BCUT2D eigenvalue weighted by Gasteiger charge is 2.12. The van der Waals surface area contributed by atoms with Crippen molar-refractivity contribution in [3.8, 4) is 5.69 Å². The minimum Gasteiger partial charge on any atom is -0.327 e. The number of aromatic nitrogens is 2. The van der Waals surface area contributed by atoms with Gasteiger partial charge in [-0.05, 0) is 60.3 Å². The molecule has 0 saturated heterocycles. The van der Waals surface area contributed by atoms with Crippen molar-refractivity contribution in [2.45, 2.75) is 39.7 Å². The first-order valence-corrected chi connectivity index (χ1v) is 8.28. The standard InChI is InChI=1S/C15H19Br2N3/c1-4-12(18)7-11-5-6-13(8-14(11)16)20-10(3)15(17)9(2)19-20/h5-6,8,12H,4,7,18H2,1-3H3. The summed E-state index contributed by atoms with van der Waals surface area (Å²) >= 11 is 7.20. The van der Waals surface area contributed by atoms with Crippen LogP contribution < -0.4 is 5.73 Å². The van der Waals surface area contributed by atoms with Gasteiger partial charge in [-0.15, -0.1) is 0 Å². The highest BCUT2D eigenvalue weighted by atomic mass is 79.9. The number of hydrogen-bond acceptors (Lipinski definition) is 2. The van der Waals surface area contributed by atoms with Crippen LogP contribution in [0.4, 0.5) is 0 Å². The van der Waals surface area contributed by atoms with E-state index >= 15 is 0 Å². The van der Waals surface area contributed by atoms with E-state index in [0.29, 0.717) is 0 Å². The average molecular weight is 401 g/mol. The van der Waals surface area contributed by atoms with Crippen LogP contribution in [-0.2, 0) is 6.42 Å². The first kappa shape index (κ1) is 15.7. The number of hydrogen-bond donors (Lipinski definition) is 1. The molecule has 3 nitrogen and oxygen atoms in total. The Kier molecular flexibility index (Phi) is 5.04. The summed E-state index contributed by atoms with van der Waals surface area (Å²) in [5, 5.41) is 4.55. The van der Waals surface area contributed by atoms with E-state index in [4.69, 9.17) is 5.73 Å². The topological polar surface area (TPSA) is 43.8 Å². The lowest BCUT2D eigenvalue weighted by atomic mass is 10.0. The summed E-state index contributed by atoms with van der Waals surface area (Å²) in [7, 11) is 0. The van der Waals surface area contributed by atoms with E-state index in [9.17, 15) is 0 Å². The van der Waals surface area contributed by atoms with E-state index in [1.165, 1.54) is 5.56 Å². The zero-order valence-corrected chi connectivity index (χ0v) is 15.1. The van der Waals surface area contributed by atoms with Crippen molar-refractivity contribution >= 4 is 31.9 Å². The molecule has 108 valence electrons. The van der Waals surface area contributed by atoms with Gasteiger partial charge >= 0.3 is 0 Å². The number of aryl methyl sites for hydroxylation is 1. The molecular weight excluding hydrogens is 382 g/mol. The Morgan fingerprint density at radius 2 is 2.00 bits per heavy atom. The van der Waals surface area contributed by atoms with Gasteiger partial charge in [0.05, 0.1) is 21.5 Å². The Morgan fingerprint density at radius 1 is 1.30 bits per heavy atom. The third kappa shape index (κ3) is 3.15. The monoisotopic (exact) mass is 399 g/mol. The van der Waals surface area contributed by atoms with Gasteiger partial charge < -0.3 is 5.73 Å². The lowest BCUT2D eigenvalue weighted by Gasteiger charge is -2.12. The van der Waals surface area contributed by atoms with Crippen molar-refractivity contribution in [2.24, 2.45) is 5.73 Å². The van der Waals surface area contributed by atoms with Gasteiger partial charge in [-0.25, -0.2) is 4.68 Å². The van der Waals surface area contributed by atoms with Crippen molar-refractivity contribution < 1.29 is 0 Å². The van der Waals surface area contributed by atoms with Crippen molar-refractivity contribution in [3.63, 3.8) is 0 Å². The number of halogens is 2. The highest BCUT2D eigenvalue weighted by molar-refractivity contribution is 9.10. The second kappa shape index (κ2) is 6.41. The highest BCUT2D eigenvalue weighted by Crippen LogP contribution is 2.26. The van der Waals surface area contributed by atoms with Gasteiger partial charge in [-0.2, -0.15) is 5.10 Å². The molecule has 20 heavy (non-hydrogen) atoms. The van der Waals surface area contributed by atoms with Crippen LogP contribution >= 0.6 is 31.9 Å². The fourth-order valence-corrected chi connectivity index (χ4v) is 2.91. The Labute approximate surface area is 136 Å². The van der Waals surface area contributed by atoms with Gasteiger partial charge in [0.2, 0.25) is 0 Å². The van der Waals surface area contributed by atoms with Crippen LogP contribution in [0.5, 0.6) is 0 Å². The van der Waals surface area contributed by atoms with E-state index in [-0.39, 0.29) is 6.04 Å². The van der Waals surface area contributed by atoms with Crippen LogP contribution in [0.25, 0.3) is 5.69 Å². The summed E-state index contributed by atoms with van der Waals surface area (Å²) in [6.07, 6.45) is 1.87. The normalized spacial score (nSPS) is 12.7. The maximum atomic E-state index is 6.03. The van der Waals surface area contributed by atoms with Crippen LogP contribution in [0.2, 0.25) is 0 Å². The zero-order valence-electron chi connectivity index (χ0n) is 12.0. The molecule has 0 radical (unpaired) electrons. The van der Waals surface area contributed by atoms with Gasteiger partial charge in [-0.1, -0.05) is 28.9 Å². The molecule has 0 spiro atoms. The Balaban J connectivity index is 2.35. The molecule has 0 bridgehead atoms. The van der Waals surface area contributed by atoms with E-state index in [1.54, 1.807) is 0 Å². The molecule has 1 aromatic carbocycles. The second-order valence-corrected chi connectivity index (χ2v) is 6.69. The Bertz CT molecular complexity index is 620. The molecule has 1 aromatic heterocycles. The number of benzene rings is 1. The summed E-state index contributed by atoms with van der Waals surface area (Å²) in [6.45, 7) is 6.16. The molecule has 2 aromatic rings. The molecule has 1 heterocycles. The van der Waals surface area contributed by atoms with Crippen LogP contribution in [0.1, 0.15) is 30.3 Å². The first-order valence-electron chi connectivity index (χ1n) is 6.70. The fourth-order valence-electron chi connectivity index (χ4n) is 2.14. The maximum Gasteiger partial charge on any atom is 0.0743 e. The number of rotatable bonds is 4. The minimum atomic E-state index is 0.208. The first-order chi connectivity index (χ1) is 9.43. The van der Waals surface area contributed by atoms with E-state index in [0.717, 1.165) is 38.9 Å². The third-order valence-electron chi connectivity index (χ3n) is 3.49. The molecule has 0 saturated carbocycles. The summed E-state index contributed by atoms with van der Waals surface area (Å²) in [4.78, 5) is 0. The van der Waals surface area contributed by atoms with Gasteiger partial charge in [0.1, 0.15) is 0 Å². The van der Waals surface area contributed by atoms with Crippen molar-refractivity contribution in [1.29, 1.82) is 0 Å². The van der Waals surface area contributed by atoms with Gasteiger partial charge in [-0.3, -0.25) is 0 Å². The fraction of sp³-hybridized carbons (Fsp3) is 0.400. The number of nitrogens with two attached hydrogens (primary N) is 1. The van der Waals surface area contributed by atoms with E-state index in [2.05, 4.69) is 69.0 Å². The molecule has 0 aliphatic rings. The molecule has 1 unspecified atom stereocenters. The van der Waals surface area contributed by atoms with Crippen LogP contribution in [0.15, 0.2) is 27.1 Å². The Morgan fingerprint density at radius 3 is 2.50 bits per heavy atom. The largest absolute Gasteiger partial charge is 0.327 e. The van der Waals surface area contributed by atoms with Crippen LogP contribution in [-0.4, -0.2) is 15.8 Å². The SMILES string of the molecule is CCC(N)Cc1ccc(-n2nc(C)c(Br)c2C)cc1Br. The van der Waals surface area contributed by atoms with Gasteiger partial charge in [0, 0.05) is 10.5 Å². The zero-order chi connectivity index (χ0) is 14.9. The average Bonchev–Trinajstić information content (AvgIpc) is 2.68.